The van der Waals surface area contributed by atoms with Crippen molar-refractivity contribution >= 4 is 47.6 Å². The summed E-state index contributed by atoms with van der Waals surface area (Å²) >= 11 is 0. The van der Waals surface area contributed by atoms with Crippen LogP contribution in [0.15, 0.2) is 60.7 Å². The standard InChI is InChI=1S/C32H28O6/c1-35-29-17-25(19-33)31(37-3)15-23(29)13-11-21-9-10-22(28-8-6-5-7-27(21)28)12-14-24-16-32(38-4)26(20-34)18-30(24)36-2/h5-20H,1-4H3/b13-11-,14-12-. The molecule has 0 N–H and O–H groups in total. The molecule has 0 radical (unpaired) electrons. The Hall–Kier alpha value is -4.84. The van der Waals surface area contributed by atoms with Gasteiger partial charge in [0.2, 0.25) is 0 Å². The lowest BCUT2D eigenvalue weighted by Gasteiger charge is -2.11. The van der Waals surface area contributed by atoms with E-state index in [1.165, 1.54) is 14.2 Å². The third-order valence-electron chi connectivity index (χ3n) is 6.29. The van der Waals surface area contributed by atoms with E-state index in [2.05, 4.69) is 24.3 Å². The Kier molecular flexibility index (Phi) is 8.23. The molecule has 38 heavy (non-hydrogen) atoms. The van der Waals surface area contributed by atoms with Gasteiger partial charge in [-0.3, -0.25) is 9.59 Å². The van der Waals surface area contributed by atoms with Crippen LogP contribution in [0.25, 0.3) is 35.1 Å². The van der Waals surface area contributed by atoms with Gasteiger partial charge in [0, 0.05) is 11.1 Å². The zero-order valence-electron chi connectivity index (χ0n) is 21.7. The molecule has 0 amide bonds. The Labute approximate surface area is 221 Å². The summed E-state index contributed by atoms with van der Waals surface area (Å²) < 4.78 is 21.7. The number of rotatable bonds is 10. The SMILES string of the molecule is COc1cc(/C=C\c2ccc(/C=C\c3cc(OC)c(C=O)cc3OC)c3ccccc23)c(OC)cc1C=O. The summed E-state index contributed by atoms with van der Waals surface area (Å²) in [4.78, 5) is 22.8. The van der Waals surface area contributed by atoms with Crippen LogP contribution in [-0.2, 0) is 0 Å². The Morgan fingerprint density at radius 1 is 0.447 bits per heavy atom. The molecule has 0 aliphatic rings. The molecule has 6 heteroatoms. The van der Waals surface area contributed by atoms with Gasteiger partial charge in [0.15, 0.2) is 12.6 Å². The Morgan fingerprint density at radius 3 is 1.11 bits per heavy atom. The van der Waals surface area contributed by atoms with E-state index in [-0.39, 0.29) is 0 Å². The van der Waals surface area contributed by atoms with Crippen LogP contribution < -0.4 is 18.9 Å². The summed E-state index contributed by atoms with van der Waals surface area (Å²) in [6.45, 7) is 0. The molecular formula is C32H28O6. The molecule has 192 valence electrons. The largest absolute Gasteiger partial charge is 0.496 e. The van der Waals surface area contributed by atoms with Gasteiger partial charge in [0.05, 0.1) is 39.6 Å². The number of methoxy groups -OCH3 is 4. The third-order valence-corrected chi connectivity index (χ3v) is 6.29. The molecule has 0 aromatic heterocycles. The first-order chi connectivity index (χ1) is 18.6. The van der Waals surface area contributed by atoms with Gasteiger partial charge in [-0.15, -0.1) is 0 Å². The fourth-order valence-electron chi connectivity index (χ4n) is 4.33. The highest BCUT2D eigenvalue weighted by atomic mass is 16.5. The van der Waals surface area contributed by atoms with E-state index >= 15 is 0 Å². The number of aldehydes is 2. The van der Waals surface area contributed by atoms with Crippen LogP contribution in [0.2, 0.25) is 0 Å². The van der Waals surface area contributed by atoms with Crippen LogP contribution in [0.5, 0.6) is 23.0 Å². The van der Waals surface area contributed by atoms with Crippen LogP contribution in [0.4, 0.5) is 0 Å². The number of carbonyl (C=O) groups is 2. The van der Waals surface area contributed by atoms with Crippen LogP contribution in [-0.4, -0.2) is 41.0 Å². The Morgan fingerprint density at radius 2 is 0.763 bits per heavy atom. The molecule has 0 unspecified atom stereocenters. The van der Waals surface area contributed by atoms with Crippen molar-refractivity contribution in [2.24, 2.45) is 0 Å². The van der Waals surface area contributed by atoms with Crippen molar-refractivity contribution < 1.29 is 28.5 Å². The van der Waals surface area contributed by atoms with Crippen molar-refractivity contribution in [3.8, 4) is 23.0 Å². The molecule has 0 atom stereocenters. The number of ether oxygens (including phenoxy) is 4. The van der Waals surface area contributed by atoms with E-state index in [1.54, 1.807) is 38.5 Å². The fraction of sp³-hybridized carbons (Fsp3) is 0.125. The minimum Gasteiger partial charge on any atom is -0.496 e. The summed E-state index contributed by atoms with van der Waals surface area (Å²) in [5, 5.41) is 2.14. The van der Waals surface area contributed by atoms with E-state index in [0.29, 0.717) is 34.1 Å². The molecule has 0 bridgehead atoms. The lowest BCUT2D eigenvalue weighted by atomic mass is 9.97. The molecule has 0 spiro atoms. The average molecular weight is 509 g/mol. The minimum absolute atomic E-state index is 0.429. The molecule has 4 aromatic carbocycles. The maximum absolute atomic E-state index is 11.4. The van der Waals surface area contributed by atoms with E-state index in [1.807, 2.05) is 36.4 Å². The van der Waals surface area contributed by atoms with Crippen molar-refractivity contribution in [3.05, 3.63) is 94.0 Å². The van der Waals surface area contributed by atoms with Gasteiger partial charge >= 0.3 is 0 Å². The molecule has 0 saturated heterocycles. The first-order valence-electron chi connectivity index (χ1n) is 11.9. The smallest absolute Gasteiger partial charge is 0.153 e. The monoisotopic (exact) mass is 508 g/mol. The summed E-state index contributed by atoms with van der Waals surface area (Å²) in [5.74, 6) is 2.13. The van der Waals surface area contributed by atoms with Crippen molar-refractivity contribution in [1.29, 1.82) is 0 Å². The lowest BCUT2D eigenvalue weighted by molar-refractivity contribution is 0.111. The lowest BCUT2D eigenvalue weighted by Crippen LogP contribution is -1.95. The molecular weight excluding hydrogens is 480 g/mol. The van der Waals surface area contributed by atoms with Gasteiger partial charge < -0.3 is 18.9 Å². The first-order valence-corrected chi connectivity index (χ1v) is 11.9. The normalized spacial score (nSPS) is 11.2. The maximum Gasteiger partial charge on any atom is 0.153 e. The van der Waals surface area contributed by atoms with Crippen LogP contribution in [0.1, 0.15) is 43.0 Å². The number of hydrogen-bond donors (Lipinski definition) is 0. The van der Waals surface area contributed by atoms with E-state index in [4.69, 9.17) is 18.9 Å². The van der Waals surface area contributed by atoms with Crippen LogP contribution in [0.3, 0.4) is 0 Å². The quantitative estimate of drug-likeness (QED) is 0.173. The van der Waals surface area contributed by atoms with Crippen molar-refractivity contribution in [2.75, 3.05) is 28.4 Å². The molecule has 0 aliphatic heterocycles. The number of benzene rings is 4. The summed E-state index contributed by atoms with van der Waals surface area (Å²) in [6.07, 6.45) is 9.41. The highest BCUT2D eigenvalue weighted by molar-refractivity contribution is 5.99. The molecule has 6 nitrogen and oxygen atoms in total. The van der Waals surface area contributed by atoms with Gasteiger partial charge in [0.25, 0.3) is 0 Å². The number of hydrogen-bond acceptors (Lipinski definition) is 6. The second-order valence-corrected chi connectivity index (χ2v) is 8.36. The van der Waals surface area contributed by atoms with Gasteiger partial charge in [-0.05, 0) is 46.2 Å². The minimum atomic E-state index is 0.429. The third kappa shape index (κ3) is 5.30. The topological polar surface area (TPSA) is 71.1 Å². The zero-order valence-corrected chi connectivity index (χ0v) is 21.7. The predicted molar refractivity (Wildman–Crippen MR) is 152 cm³/mol. The molecule has 0 aliphatic carbocycles. The van der Waals surface area contributed by atoms with E-state index in [9.17, 15) is 9.59 Å². The number of fused-ring (bicyclic) bond motifs is 1. The highest BCUT2D eigenvalue weighted by Gasteiger charge is 2.11. The van der Waals surface area contributed by atoms with Gasteiger partial charge in [-0.2, -0.15) is 0 Å². The van der Waals surface area contributed by atoms with E-state index in [0.717, 1.165) is 45.6 Å². The maximum atomic E-state index is 11.4. The highest BCUT2D eigenvalue weighted by Crippen LogP contribution is 2.33. The predicted octanol–water partition coefficient (Wildman–Crippen LogP) is 6.84. The van der Waals surface area contributed by atoms with Gasteiger partial charge in [-0.25, -0.2) is 0 Å². The summed E-state index contributed by atoms with van der Waals surface area (Å²) in [6, 6.07) is 19.2. The van der Waals surface area contributed by atoms with Gasteiger partial charge in [-0.1, -0.05) is 60.7 Å². The fourth-order valence-corrected chi connectivity index (χ4v) is 4.33. The zero-order chi connectivity index (χ0) is 27.1. The number of carbonyl (C=O) groups excluding carboxylic acids is 2. The van der Waals surface area contributed by atoms with Crippen LogP contribution in [0, 0.1) is 0 Å². The van der Waals surface area contributed by atoms with Crippen molar-refractivity contribution in [1.82, 2.24) is 0 Å². The second-order valence-electron chi connectivity index (χ2n) is 8.36. The van der Waals surface area contributed by atoms with Crippen molar-refractivity contribution in [3.63, 3.8) is 0 Å². The second kappa shape index (κ2) is 11.9. The van der Waals surface area contributed by atoms with Crippen LogP contribution >= 0.6 is 0 Å². The van der Waals surface area contributed by atoms with Crippen molar-refractivity contribution in [2.45, 2.75) is 0 Å². The Bertz CT molecular complexity index is 1430. The summed E-state index contributed by atoms with van der Waals surface area (Å²) in [5.41, 5.74) is 4.49. The molecule has 4 rings (SSSR count). The molecule has 4 aromatic rings. The summed E-state index contributed by atoms with van der Waals surface area (Å²) in [7, 11) is 6.21. The average Bonchev–Trinajstić information content (AvgIpc) is 2.97. The van der Waals surface area contributed by atoms with E-state index < -0.39 is 0 Å². The Balaban J connectivity index is 1.74. The molecule has 0 saturated carbocycles. The first kappa shape index (κ1) is 26.2. The molecule has 0 heterocycles. The van der Waals surface area contributed by atoms with Gasteiger partial charge in [0.1, 0.15) is 23.0 Å². The molecule has 0 fully saturated rings.